The van der Waals surface area contributed by atoms with Crippen LogP contribution in [-0.4, -0.2) is 13.1 Å². The number of ether oxygens (including phenoxy) is 1. The number of halogens is 3. The van der Waals surface area contributed by atoms with Crippen molar-refractivity contribution in [2.24, 2.45) is 5.73 Å². The number of nitrogens with two attached hydrogens (primary N) is 1. The van der Waals surface area contributed by atoms with Gasteiger partial charge in [-0.05, 0) is 12.1 Å². The molecular formula is C9H8F3NO2. The molecule has 1 aromatic rings. The van der Waals surface area contributed by atoms with Gasteiger partial charge in [0.2, 0.25) is 0 Å². The van der Waals surface area contributed by atoms with E-state index in [-0.39, 0.29) is 0 Å². The predicted molar refractivity (Wildman–Crippen MR) is 45.3 cm³/mol. The molecule has 6 heteroatoms. The van der Waals surface area contributed by atoms with Crippen molar-refractivity contribution in [2.45, 2.75) is 6.04 Å². The zero-order valence-corrected chi connectivity index (χ0v) is 7.76. The molecule has 1 unspecified atom stereocenters. The number of rotatable bonds is 2. The first-order valence-corrected chi connectivity index (χ1v) is 3.95. The first-order chi connectivity index (χ1) is 6.99. The molecule has 0 fully saturated rings. The SMILES string of the molecule is COC(=O)C(N)c1c(F)ccc(F)c1F. The van der Waals surface area contributed by atoms with Gasteiger partial charge in [0.1, 0.15) is 11.9 Å². The van der Waals surface area contributed by atoms with Crippen molar-refractivity contribution in [1.29, 1.82) is 0 Å². The van der Waals surface area contributed by atoms with Crippen molar-refractivity contribution >= 4 is 5.97 Å². The molecule has 0 heterocycles. The van der Waals surface area contributed by atoms with E-state index in [1.165, 1.54) is 0 Å². The lowest BCUT2D eigenvalue weighted by molar-refractivity contribution is -0.142. The van der Waals surface area contributed by atoms with Crippen molar-refractivity contribution in [3.05, 3.63) is 35.1 Å². The molecule has 82 valence electrons. The third-order valence-corrected chi connectivity index (χ3v) is 1.85. The molecule has 0 aliphatic heterocycles. The van der Waals surface area contributed by atoms with Crippen LogP contribution in [-0.2, 0) is 9.53 Å². The highest BCUT2D eigenvalue weighted by Crippen LogP contribution is 2.22. The third-order valence-electron chi connectivity index (χ3n) is 1.85. The van der Waals surface area contributed by atoms with Gasteiger partial charge in [0, 0.05) is 0 Å². The Hall–Kier alpha value is -1.56. The first-order valence-electron chi connectivity index (χ1n) is 3.95. The summed E-state index contributed by atoms with van der Waals surface area (Å²) in [6.45, 7) is 0. The minimum Gasteiger partial charge on any atom is -0.468 e. The van der Waals surface area contributed by atoms with E-state index in [0.717, 1.165) is 7.11 Å². The van der Waals surface area contributed by atoms with Crippen molar-refractivity contribution in [2.75, 3.05) is 7.11 Å². The fraction of sp³-hybridized carbons (Fsp3) is 0.222. The van der Waals surface area contributed by atoms with Crippen LogP contribution in [0.2, 0.25) is 0 Å². The Balaban J connectivity index is 3.24. The molecule has 0 bridgehead atoms. The van der Waals surface area contributed by atoms with E-state index in [9.17, 15) is 18.0 Å². The van der Waals surface area contributed by atoms with Crippen LogP contribution in [0.5, 0.6) is 0 Å². The average molecular weight is 219 g/mol. The van der Waals surface area contributed by atoms with Gasteiger partial charge < -0.3 is 10.5 Å². The van der Waals surface area contributed by atoms with Crippen LogP contribution in [0.4, 0.5) is 13.2 Å². The molecule has 3 nitrogen and oxygen atoms in total. The molecular weight excluding hydrogens is 211 g/mol. The Morgan fingerprint density at radius 1 is 1.33 bits per heavy atom. The monoisotopic (exact) mass is 219 g/mol. The zero-order valence-electron chi connectivity index (χ0n) is 7.76. The van der Waals surface area contributed by atoms with E-state index in [1.54, 1.807) is 0 Å². The molecule has 0 aromatic heterocycles. The maximum absolute atomic E-state index is 13.1. The first kappa shape index (κ1) is 11.5. The molecule has 1 rings (SSSR count). The van der Waals surface area contributed by atoms with Crippen LogP contribution < -0.4 is 5.73 Å². The Bertz CT molecular complexity index is 395. The summed E-state index contributed by atoms with van der Waals surface area (Å²) in [5, 5.41) is 0. The van der Waals surface area contributed by atoms with E-state index < -0.39 is 35.0 Å². The number of esters is 1. The zero-order chi connectivity index (χ0) is 11.6. The average Bonchev–Trinajstić information content (AvgIpc) is 2.22. The second-order valence-electron chi connectivity index (χ2n) is 2.76. The normalized spacial score (nSPS) is 12.3. The van der Waals surface area contributed by atoms with Crippen LogP contribution in [0, 0.1) is 17.5 Å². The van der Waals surface area contributed by atoms with Gasteiger partial charge in [-0.2, -0.15) is 0 Å². The lowest BCUT2D eigenvalue weighted by atomic mass is 10.1. The number of hydrogen-bond acceptors (Lipinski definition) is 3. The van der Waals surface area contributed by atoms with Crippen molar-refractivity contribution < 1.29 is 22.7 Å². The molecule has 0 saturated heterocycles. The maximum Gasteiger partial charge on any atom is 0.327 e. The molecule has 1 aromatic carbocycles. The summed E-state index contributed by atoms with van der Waals surface area (Å²) in [7, 11) is 1.01. The molecule has 0 radical (unpaired) electrons. The Kier molecular flexibility index (Phi) is 3.31. The van der Waals surface area contributed by atoms with Crippen LogP contribution in [0.25, 0.3) is 0 Å². The van der Waals surface area contributed by atoms with Gasteiger partial charge in [0.15, 0.2) is 11.6 Å². The van der Waals surface area contributed by atoms with Gasteiger partial charge in [-0.15, -0.1) is 0 Å². The molecule has 1 atom stereocenters. The molecule has 15 heavy (non-hydrogen) atoms. The Morgan fingerprint density at radius 2 is 1.87 bits per heavy atom. The highest BCUT2D eigenvalue weighted by molar-refractivity contribution is 5.77. The van der Waals surface area contributed by atoms with E-state index in [1.807, 2.05) is 0 Å². The summed E-state index contributed by atoms with van der Waals surface area (Å²) in [5.74, 6) is -4.89. The molecule has 0 spiro atoms. The van der Waals surface area contributed by atoms with Gasteiger partial charge in [0.05, 0.1) is 12.7 Å². The summed E-state index contributed by atoms with van der Waals surface area (Å²) in [6.07, 6.45) is 0. The standard InChI is InChI=1S/C9H8F3NO2/c1-15-9(14)8(13)6-4(10)2-3-5(11)7(6)12/h2-3,8H,13H2,1H3. The summed E-state index contributed by atoms with van der Waals surface area (Å²) < 4.78 is 43.1. The minimum absolute atomic E-state index is 0.609. The molecule has 0 saturated carbocycles. The van der Waals surface area contributed by atoms with E-state index >= 15 is 0 Å². The van der Waals surface area contributed by atoms with Gasteiger partial charge in [-0.1, -0.05) is 0 Å². The van der Waals surface area contributed by atoms with Crippen LogP contribution in [0.1, 0.15) is 11.6 Å². The number of carbonyl (C=O) groups is 1. The second-order valence-corrected chi connectivity index (χ2v) is 2.76. The van der Waals surface area contributed by atoms with Crippen LogP contribution >= 0.6 is 0 Å². The Labute approximate surface area is 83.6 Å². The highest BCUT2D eigenvalue weighted by atomic mass is 19.2. The summed E-state index contributed by atoms with van der Waals surface area (Å²) in [5.41, 5.74) is 4.37. The number of benzene rings is 1. The van der Waals surface area contributed by atoms with Crippen molar-refractivity contribution in [3.8, 4) is 0 Å². The van der Waals surface area contributed by atoms with Crippen LogP contribution in [0.3, 0.4) is 0 Å². The Morgan fingerprint density at radius 3 is 2.40 bits per heavy atom. The maximum atomic E-state index is 13.1. The van der Waals surface area contributed by atoms with Crippen molar-refractivity contribution in [3.63, 3.8) is 0 Å². The molecule has 0 aliphatic carbocycles. The smallest absolute Gasteiger partial charge is 0.327 e. The largest absolute Gasteiger partial charge is 0.468 e. The summed E-state index contributed by atoms with van der Waals surface area (Å²) in [4.78, 5) is 10.9. The fourth-order valence-corrected chi connectivity index (χ4v) is 1.07. The quantitative estimate of drug-likeness (QED) is 0.602. The number of methoxy groups -OCH3 is 1. The second kappa shape index (κ2) is 4.31. The molecule has 2 N–H and O–H groups in total. The number of carbonyl (C=O) groups excluding carboxylic acids is 1. The number of hydrogen-bond donors (Lipinski definition) is 1. The van der Waals surface area contributed by atoms with Gasteiger partial charge in [0.25, 0.3) is 0 Å². The molecule has 0 amide bonds. The van der Waals surface area contributed by atoms with E-state index in [2.05, 4.69) is 4.74 Å². The lowest BCUT2D eigenvalue weighted by Crippen LogP contribution is -2.25. The summed E-state index contributed by atoms with van der Waals surface area (Å²) >= 11 is 0. The fourth-order valence-electron chi connectivity index (χ4n) is 1.07. The topological polar surface area (TPSA) is 52.3 Å². The predicted octanol–water partition coefficient (Wildman–Crippen LogP) is 1.28. The van der Waals surface area contributed by atoms with Crippen molar-refractivity contribution in [1.82, 2.24) is 0 Å². The lowest BCUT2D eigenvalue weighted by Gasteiger charge is -2.11. The van der Waals surface area contributed by atoms with E-state index in [0.29, 0.717) is 12.1 Å². The third kappa shape index (κ3) is 2.10. The van der Waals surface area contributed by atoms with Gasteiger partial charge in [-0.3, -0.25) is 4.79 Å². The minimum atomic E-state index is -1.68. The van der Waals surface area contributed by atoms with E-state index in [4.69, 9.17) is 5.73 Å². The molecule has 0 aliphatic rings. The summed E-state index contributed by atoms with van der Waals surface area (Å²) in [6, 6.07) is -0.375. The highest BCUT2D eigenvalue weighted by Gasteiger charge is 2.25. The van der Waals surface area contributed by atoms with Gasteiger partial charge in [-0.25, -0.2) is 13.2 Å². The van der Waals surface area contributed by atoms with Crippen LogP contribution in [0.15, 0.2) is 12.1 Å². The van der Waals surface area contributed by atoms with Gasteiger partial charge >= 0.3 is 5.97 Å².